The van der Waals surface area contributed by atoms with E-state index in [0.717, 1.165) is 5.56 Å². The topological polar surface area (TPSA) is 81.2 Å². The van der Waals surface area contributed by atoms with E-state index < -0.39 is 10.0 Å². The number of methoxy groups -OCH3 is 1. The fourth-order valence-corrected chi connectivity index (χ4v) is 4.80. The maximum Gasteiger partial charge on any atom is 0.264 e. The molecule has 0 saturated heterocycles. The molecule has 0 fully saturated rings. The summed E-state index contributed by atoms with van der Waals surface area (Å²) in [5.74, 6) is 0.128. The van der Waals surface area contributed by atoms with E-state index in [1.807, 2.05) is 0 Å². The largest absolute Gasteiger partial charge is 0.478 e. The number of sulfonamides is 1. The molecule has 11 heteroatoms. The summed E-state index contributed by atoms with van der Waals surface area (Å²) in [6.07, 6.45) is 1.41. The molecule has 0 spiro atoms. The predicted molar refractivity (Wildman–Crippen MR) is 112 cm³/mol. The molecule has 152 valence electrons. The van der Waals surface area contributed by atoms with E-state index in [2.05, 4.69) is 14.7 Å². The van der Waals surface area contributed by atoms with Gasteiger partial charge in [0.15, 0.2) is 0 Å². The Bertz CT molecular complexity index is 1130. The number of ether oxygens (including phenoxy) is 1. The molecule has 3 rings (SSSR count). The molecule has 6 nitrogen and oxygen atoms in total. The highest BCUT2D eigenvalue weighted by molar-refractivity contribution is 7.98. The minimum atomic E-state index is -4.06. The highest BCUT2D eigenvalue weighted by atomic mass is 35.5. The first kappa shape index (κ1) is 21.6. The van der Waals surface area contributed by atoms with Crippen molar-refractivity contribution in [2.45, 2.75) is 15.7 Å². The van der Waals surface area contributed by atoms with E-state index in [9.17, 15) is 12.8 Å². The SMILES string of the molecule is COc1nc(SCc2ccc(F)cc2)cnc1NS(=O)(=O)c1cccc(Cl)c1Cl. The molecule has 3 aromatic rings. The zero-order valence-electron chi connectivity index (χ0n) is 14.9. The van der Waals surface area contributed by atoms with Gasteiger partial charge in [-0.3, -0.25) is 4.72 Å². The summed E-state index contributed by atoms with van der Waals surface area (Å²) in [4.78, 5) is 8.17. The normalized spacial score (nSPS) is 11.3. The molecule has 0 aliphatic heterocycles. The van der Waals surface area contributed by atoms with Gasteiger partial charge in [-0.05, 0) is 29.8 Å². The van der Waals surface area contributed by atoms with E-state index in [0.29, 0.717) is 10.8 Å². The van der Waals surface area contributed by atoms with E-state index in [4.69, 9.17) is 27.9 Å². The van der Waals surface area contributed by atoms with Gasteiger partial charge in [0.05, 0.1) is 23.4 Å². The molecule has 0 amide bonds. The second kappa shape index (κ2) is 9.17. The third kappa shape index (κ3) is 5.30. The molecule has 0 aliphatic carbocycles. The monoisotopic (exact) mass is 473 g/mol. The number of halogens is 3. The van der Waals surface area contributed by atoms with Gasteiger partial charge >= 0.3 is 0 Å². The van der Waals surface area contributed by atoms with Crippen LogP contribution in [0.2, 0.25) is 10.0 Å². The summed E-state index contributed by atoms with van der Waals surface area (Å²) in [5, 5.41) is 0.523. The molecule has 0 atom stereocenters. The lowest BCUT2D eigenvalue weighted by Crippen LogP contribution is -2.15. The van der Waals surface area contributed by atoms with Crippen LogP contribution in [-0.2, 0) is 15.8 Å². The Labute approximate surface area is 181 Å². The molecular weight excluding hydrogens is 460 g/mol. The zero-order valence-corrected chi connectivity index (χ0v) is 18.0. The molecule has 0 radical (unpaired) electrons. The second-order valence-corrected chi connectivity index (χ2v) is 9.07. The average Bonchev–Trinajstić information content (AvgIpc) is 2.70. The van der Waals surface area contributed by atoms with Crippen LogP contribution in [0.5, 0.6) is 5.88 Å². The van der Waals surface area contributed by atoms with Gasteiger partial charge in [0, 0.05) is 5.75 Å². The quantitative estimate of drug-likeness (QED) is 0.484. The standard InChI is InChI=1S/C18H14Cl2FN3O3S2/c1-27-18-17(24-29(25,26)14-4-2-3-13(19)16(14)20)22-9-15(23-18)28-10-11-5-7-12(21)8-6-11/h2-9H,10H2,1H3,(H,22,24). The third-order valence-electron chi connectivity index (χ3n) is 3.65. The summed E-state index contributed by atoms with van der Waals surface area (Å²) in [6, 6.07) is 10.4. The van der Waals surface area contributed by atoms with Crippen molar-refractivity contribution in [2.24, 2.45) is 0 Å². The van der Waals surface area contributed by atoms with Crippen molar-refractivity contribution >= 4 is 50.8 Å². The van der Waals surface area contributed by atoms with Crippen molar-refractivity contribution in [1.82, 2.24) is 9.97 Å². The Morgan fingerprint density at radius 1 is 1.17 bits per heavy atom. The molecule has 1 N–H and O–H groups in total. The van der Waals surface area contributed by atoms with E-state index in [-0.39, 0.29) is 32.5 Å². The summed E-state index contributed by atoms with van der Waals surface area (Å²) in [5.41, 5.74) is 0.901. The van der Waals surface area contributed by atoms with Gasteiger partial charge in [0.1, 0.15) is 15.7 Å². The number of aromatic nitrogens is 2. The van der Waals surface area contributed by atoms with Crippen LogP contribution < -0.4 is 9.46 Å². The number of anilines is 1. The van der Waals surface area contributed by atoms with E-state index in [1.54, 1.807) is 12.1 Å². The highest BCUT2D eigenvalue weighted by Crippen LogP contribution is 2.32. The Morgan fingerprint density at radius 3 is 2.59 bits per heavy atom. The van der Waals surface area contributed by atoms with Crippen LogP contribution in [0.3, 0.4) is 0 Å². The molecule has 1 heterocycles. The Morgan fingerprint density at radius 2 is 1.90 bits per heavy atom. The van der Waals surface area contributed by atoms with Crippen LogP contribution >= 0.6 is 35.0 Å². The number of benzene rings is 2. The van der Waals surface area contributed by atoms with Crippen LogP contribution in [0, 0.1) is 5.82 Å². The summed E-state index contributed by atoms with van der Waals surface area (Å²) in [6.45, 7) is 0. The van der Waals surface area contributed by atoms with Crippen LogP contribution in [0.1, 0.15) is 5.56 Å². The van der Waals surface area contributed by atoms with E-state index >= 15 is 0 Å². The molecule has 0 unspecified atom stereocenters. The van der Waals surface area contributed by atoms with Crippen LogP contribution in [-0.4, -0.2) is 25.5 Å². The molecular formula is C18H14Cl2FN3O3S2. The van der Waals surface area contributed by atoms with E-state index in [1.165, 1.54) is 55.4 Å². The van der Waals surface area contributed by atoms with Gasteiger partial charge in [-0.1, -0.05) is 53.2 Å². The Kier molecular flexibility index (Phi) is 6.84. The maximum atomic E-state index is 13.0. The molecule has 0 bridgehead atoms. The van der Waals surface area contributed by atoms with Crippen LogP contribution in [0.25, 0.3) is 0 Å². The summed E-state index contributed by atoms with van der Waals surface area (Å²) < 4.78 is 45.8. The van der Waals surface area contributed by atoms with Crippen molar-refractivity contribution in [1.29, 1.82) is 0 Å². The average molecular weight is 474 g/mol. The first-order valence-corrected chi connectivity index (χ1v) is 11.3. The van der Waals surface area contributed by atoms with Gasteiger partial charge in [0.2, 0.25) is 5.82 Å². The molecule has 2 aromatic carbocycles. The summed E-state index contributed by atoms with van der Waals surface area (Å²) in [7, 11) is -2.71. The molecule has 1 aromatic heterocycles. The Balaban J connectivity index is 1.79. The second-order valence-electron chi connectivity index (χ2n) is 5.64. The van der Waals surface area contributed by atoms with Crippen molar-refractivity contribution in [3.63, 3.8) is 0 Å². The first-order valence-electron chi connectivity index (χ1n) is 8.05. The smallest absolute Gasteiger partial charge is 0.264 e. The van der Waals surface area contributed by atoms with Crippen molar-refractivity contribution in [2.75, 3.05) is 11.8 Å². The van der Waals surface area contributed by atoms with Crippen LogP contribution in [0.15, 0.2) is 58.6 Å². The number of thioether (sulfide) groups is 1. The number of nitrogens with zero attached hydrogens (tertiary/aromatic N) is 2. The number of rotatable bonds is 7. The number of hydrogen-bond acceptors (Lipinski definition) is 6. The maximum absolute atomic E-state index is 13.0. The van der Waals surface area contributed by atoms with Gasteiger partial charge in [0.25, 0.3) is 15.9 Å². The van der Waals surface area contributed by atoms with Gasteiger partial charge in [-0.15, -0.1) is 0 Å². The number of hydrogen-bond donors (Lipinski definition) is 1. The molecule has 29 heavy (non-hydrogen) atoms. The van der Waals surface area contributed by atoms with Crippen molar-refractivity contribution < 1.29 is 17.5 Å². The lowest BCUT2D eigenvalue weighted by molar-refractivity contribution is 0.394. The lowest BCUT2D eigenvalue weighted by Gasteiger charge is -2.12. The molecule has 0 aliphatic rings. The number of nitrogens with one attached hydrogen (secondary N) is 1. The zero-order chi connectivity index (χ0) is 21.0. The minimum Gasteiger partial charge on any atom is -0.478 e. The van der Waals surface area contributed by atoms with Crippen LogP contribution in [0.4, 0.5) is 10.2 Å². The van der Waals surface area contributed by atoms with Crippen molar-refractivity contribution in [3.8, 4) is 5.88 Å². The first-order chi connectivity index (χ1) is 13.8. The predicted octanol–water partition coefficient (Wildman–Crippen LogP) is 5.02. The van der Waals surface area contributed by atoms with Gasteiger partial charge < -0.3 is 4.74 Å². The van der Waals surface area contributed by atoms with Gasteiger partial charge in [-0.25, -0.2) is 22.8 Å². The minimum absolute atomic E-state index is 0.00386. The Hall–Kier alpha value is -2.07. The van der Waals surface area contributed by atoms with Gasteiger partial charge in [-0.2, -0.15) is 0 Å². The third-order valence-corrected chi connectivity index (χ3v) is 6.93. The molecule has 0 saturated carbocycles. The lowest BCUT2D eigenvalue weighted by atomic mass is 10.2. The fraction of sp³-hybridized carbons (Fsp3) is 0.111. The highest BCUT2D eigenvalue weighted by Gasteiger charge is 2.22. The summed E-state index contributed by atoms with van der Waals surface area (Å²) >= 11 is 13.2. The van der Waals surface area contributed by atoms with Crippen molar-refractivity contribution in [3.05, 3.63) is 70.1 Å². The fourth-order valence-electron chi connectivity index (χ4n) is 2.25.